The van der Waals surface area contributed by atoms with Gasteiger partial charge in [0.15, 0.2) is 0 Å². The molecule has 132 valence electrons. The third kappa shape index (κ3) is 4.27. The molecular formula is C19H22N2O3S. The van der Waals surface area contributed by atoms with Gasteiger partial charge in [0.25, 0.3) is 5.91 Å². The predicted octanol–water partition coefficient (Wildman–Crippen LogP) is 2.71. The van der Waals surface area contributed by atoms with Gasteiger partial charge < -0.3 is 4.90 Å². The van der Waals surface area contributed by atoms with Crippen molar-refractivity contribution in [3.05, 3.63) is 65.2 Å². The first-order valence-electron chi connectivity index (χ1n) is 8.40. The van der Waals surface area contributed by atoms with Crippen LogP contribution in [0.1, 0.15) is 34.3 Å². The summed E-state index contributed by atoms with van der Waals surface area (Å²) in [6.45, 7) is 3.73. The van der Waals surface area contributed by atoms with Gasteiger partial charge >= 0.3 is 0 Å². The van der Waals surface area contributed by atoms with E-state index in [1.165, 1.54) is 0 Å². The lowest BCUT2D eigenvalue weighted by atomic mass is 10.1. The van der Waals surface area contributed by atoms with E-state index in [0.29, 0.717) is 5.56 Å². The summed E-state index contributed by atoms with van der Waals surface area (Å²) in [5, 5.41) is 0. The fraction of sp³-hybridized carbons (Fsp3) is 0.316. The number of nitrogens with one attached hydrogen (secondary N) is 1. The lowest BCUT2D eigenvalue weighted by Crippen LogP contribution is -2.27. The van der Waals surface area contributed by atoms with Crippen LogP contribution in [0.3, 0.4) is 0 Å². The lowest BCUT2D eigenvalue weighted by molar-refractivity contribution is 0.0793. The van der Waals surface area contributed by atoms with Crippen molar-refractivity contribution in [3.63, 3.8) is 0 Å². The zero-order valence-electron chi connectivity index (χ0n) is 14.2. The van der Waals surface area contributed by atoms with E-state index in [2.05, 4.69) is 4.72 Å². The average molecular weight is 358 g/mol. The Morgan fingerprint density at radius 2 is 1.60 bits per heavy atom. The van der Waals surface area contributed by atoms with Crippen LogP contribution in [0.15, 0.2) is 53.4 Å². The largest absolute Gasteiger partial charge is 0.339 e. The number of carbonyl (C=O) groups excluding carboxylic acids is 1. The van der Waals surface area contributed by atoms with E-state index in [1.54, 1.807) is 48.5 Å². The molecule has 1 fully saturated rings. The van der Waals surface area contributed by atoms with Crippen molar-refractivity contribution >= 4 is 15.9 Å². The first kappa shape index (κ1) is 17.6. The highest BCUT2D eigenvalue weighted by atomic mass is 32.2. The van der Waals surface area contributed by atoms with Crippen LogP contribution in [-0.2, 0) is 16.6 Å². The molecule has 0 spiro atoms. The van der Waals surface area contributed by atoms with Crippen molar-refractivity contribution in [1.29, 1.82) is 0 Å². The quantitative estimate of drug-likeness (QED) is 0.894. The van der Waals surface area contributed by atoms with E-state index in [4.69, 9.17) is 0 Å². The number of likely N-dealkylation sites (tertiary alicyclic amines) is 1. The summed E-state index contributed by atoms with van der Waals surface area (Å²) in [6, 6.07) is 13.8. The van der Waals surface area contributed by atoms with E-state index in [0.717, 1.165) is 37.1 Å². The fourth-order valence-electron chi connectivity index (χ4n) is 2.85. The van der Waals surface area contributed by atoms with Gasteiger partial charge in [0.2, 0.25) is 10.0 Å². The maximum atomic E-state index is 12.3. The Labute approximate surface area is 148 Å². The van der Waals surface area contributed by atoms with E-state index in [1.807, 2.05) is 11.8 Å². The number of amides is 1. The van der Waals surface area contributed by atoms with Gasteiger partial charge in [-0.1, -0.05) is 29.8 Å². The van der Waals surface area contributed by atoms with Crippen molar-refractivity contribution < 1.29 is 13.2 Å². The summed E-state index contributed by atoms with van der Waals surface area (Å²) in [5.41, 5.74) is 2.47. The Bertz CT molecular complexity index is 837. The third-order valence-corrected chi connectivity index (χ3v) is 5.81. The molecule has 25 heavy (non-hydrogen) atoms. The number of aryl methyl sites for hydroxylation is 1. The molecular weight excluding hydrogens is 336 g/mol. The minimum absolute atomic E-state index is 0.0456. The topological polar surface area (TPSA) is 66.5 Å². The summed E-state index contributed by atoms with van der Waals surface area (Å²) >= 11 is 0. The number of rotatable bonds is 5. The summed E-state index contributed by atoms with van der Waals surface area (Å²) in [4.78, 5) is 14.4. The SMILES string of the molecule is Cc1ccc(S(=O)(=O)NCc2ccc(C(=O)N3CCCC3)cc2)cc1. The first-order chi connectivity index (χ1) is 12.0. The summed E-state index contributed by atoms with van der Waals surface area (Å²) < 4.78 is 27.2. The van der Waals surface area contributed by atoms with E-state index < -0.39 is 10.0 Å². The molecule has 1 aliphatic heterocycles. The molecule has 2 aromatic carbocycles. The molecule has 1 heterocycles. The standard InChI is InChI=1S/C19H22N2O3S/c1-15-4-10-18(11-5-15)25(23,24)20-14-16-6-8-17(9-7-16)19(22)21-12-2-3-13-21/h4-11,20H,2-3,12-14H2,1H3. The molecule has 2 aromatic rings. The van der Waals surface area contributed by atoms with E-state index in [-0.39, 0.29) is 17.3 Å². The van der Waals surface area contributed by atoms with Gasteiger partial charge in [0, 0.05) is 25.2 Å². The molecule has 0 bridgehead atoms. The maximum absolute atomic E-state index is 12.3. The highest BCUT2D eigenvalue weighted by Gasteiger charge is 2.19. The molecule has 0 aromatic heterocycles. The molecule has 0 unspecified atom stereocenters. The molecule has 3 rings (SSSR count). The Balaban J connectivity index is 1.63. The van der Waals surface area contributed by atoms with E-state index >= 15 is 0 Å². The van der Waals surface area contributed by atoms with Crippen molar-refractivity contribution in [3.8, 4) is 0 Å². The molecule has 1 saturated heterocycles. The molecule has 6 heteroatoms. The Kier molecular flexibility index (Phi) is 5.20. The van der Waals surface area contributed by atoms with Gasteiger partial charge in [-0.3, -0.25) is 4.79 Å². The molecule has 0 radical (unpaired) electrons. The minimum Gasteiger partial charge on any atom is -0.339 e. The van der Waals surface area contributed by atoms with Crippen LogP contribution < -0.4 is 4.72 Å². The minimum atomic E-state index is -3.54. The number of hydrogen-bond acceptors (Lipinski definition) is 3. The highest BCUT2D eigenvalue weighted by Crippen LogP contribution is 2.14. The Morgan fingerprint density at radius 3 is 2.20 bits per heavy atom. The third-order valence-electron chi connectivity index (χ3n) is 4.39. The monoisotopic (exact) mass is 358 g/mol. The normalized spacial score (nSPS) is 14.7. The van der Waals surface area contributed by atoms with Crippen molar-refractivity contribution in [2.75, 3.05) is 13.1 Å². The average Bonchev–Trinajstić information content (AvgIpc) is 3.15. The zero-order chi connectivity index (χ0) is 17.9. The van der Waals surface area contributed by atoms with Gasteiger partial charge in [0.1, 0.15) is 0 Å². The van der Waals surface area contributed by atoms with Gasteiger partial charge in [-0.2, -0.15) is 0 Å². The van der Waals surface area contributed by atoms with Gasteiger partial charge in [-0.05, 0) is 49.6 Å². The van der Waals surface area contributed by atoms with E-state index in [9.17, 15) is 13.2 Å². The maximum Gasteiger partial charge on any atom is 0.253 e. The number of nitrogens with zero attached hydrogens (tertiary/aromatic N) is 1. The highest BCUT2D eigenvalue weighted by molar-refractivity contribution is 7.89. The summed E-state index contributed by atoms with van der Waals surface area (Å²) in [6.07, 6.45) is 2.12. The van der Waals surface area contributed by atoms with Crippen LogP contribution >= 0.6 is 0 Å². The van der Waals surface area contributed by atoms with Gasteiger partial charge in [0.05, 0.1) is 4.90 Å². The van der Waals surface area contributed by atoms with Crippen molar-refractivity contribution in [2.45, 2.75) is 31.2 Å². The van der Waals surface area contributed by atoms with Crippen LogP contribution in [0, 0.1) is 6.92 Å². The molecule has 1 amide bonds. The molecule has 0 saturated carbocycles. The lowest BCUT2D eigenvalue weighted by Gasteiger charge is -2.15. The molecule has 1 aliphatic rings. The smallest absolute Gasteiger partial charge is 0.253 e. The van der Waals surface area contributed by atoms with Crippen LogP contribution in [0.5, 0.6) is 0 Å². The van der Waals surface area contributed by atoms with Crippen LogP contribution in [0.4, 0.5) is 0 Å². The summed E-state index contributed by atoms with van der Waals surface area (Å²) in [5.74, 6) is 0.0456. The second-order valence-corrected chi connectivity index (χ2v) is 8.10. The first-order valence-corrected chi connectivity index (χ1v) is 9.88. The van der Waals surface area contributed by atoms with Crippen molar-refractivity contribution in [1.82, 2.24) is 9.62 Å². The molecule has 0 atom stereocenters. The molecule has 1 N–H and O–H groups in total. The van der Waals surface area contributed by atoms with Crippen LogP contribution in [-0.4, -0.2) is 32.3 Å². The number of sulfonamides is 1. The molecule has 0 aliphatic carbocycles. The molecule has 5 nitrogen and oxygen atoms in total. The number of hydrogen-bond donors (Lipinski definition) is 1. The number of benzene rings is 2. The van der Waals surface area contributed by atoms with Crippen LogP contribution in [0.2, 0.25) is 0 Å². The zero-order valence-corrected chi connectivity index (χ0v) is 15.1. The van der Waals surface area contributed by atoms with Crippen LogP contribution in [0.25, 0.3) is 0 Å². The van der Waals surface area contributed by atoms with Gasteiger partial charge in [-0.15, -0.1) is 0 Å². The Hall–Kier alpha value is -2.18. The fourth-order valence-corrected chi connectivity index (χ4v) is 3.86. The Morgan fingerprint density at radius 1 is 1.00 bits per heavy atom. The van der Waals surface area contributed by atoms with Gasteiger partial charge in [-0.25, -0.2) is 13.1 Å². The predicted molar refractivity (Wildman–Crippen MR) is 96.8 cm³/mol. The number of carbonyl (C=O) groups is 1. The second kappa shape index (κ2) is 7.37. The van der Waals surface area contributed by atoms with Crippen molar-refractivity contribution in [2.24, 2.45) is 0 Å². The summed E-state index contributed by atoms with van der Waals surface area (Å²) in [7, 11) is -3.54. The second-order valence-electron chi connectivity index (χ2n) is 6.33.